The van der Waals surface area contributed by atoms with Crippen LogP contribution in [-0.2, 0) is 9.59 Å². The SMILES string of the molecule is C[C@@H]1C[C@@H](C(=O)N[C@@H](C)c2ccc(C#N)cc2O)N(C(=O)CC(C)(C)C)C1. The average Bonchev–Trinajstić information content (AvgIpc) is 2.95. The number of carbonyl (C=O) groups is 2. The summed E-state index contributed by atoms with van der Waals surface area (Å²) in [5.74, 6) is 0.0318. The van der Waals surface area contributed by atoms with E-state index in [2.05, 4.69) is 5.32 Å². The summed E-state index contributed by atoms with van der Waals surface area (Å²) in [6.07, 6.45) is 1.03. The molecule has 0 aliphatic carbocycles. The number of hydrogen-bond donors (Lipinski definition) is 2. The average molecular weight is 371 g/mol. The Morgan fingerprint density at radius 2 is 2.07 bits per heavy atom. The third-order valence-corrected chi connectivity index (χ3v) is 4.80. The van der Waals surface area contributed by atoms with E-state index in [1.165, 1.54) is 6.07 Å². The van der Waals surface area contributed by atoms with E-state index in [4.69, 9.17) is 5.26 Å². The molecule has 1 aliphatic rings. The standard InChI is InChI=1S/C21H29N3O3/c1-13-8-17(24(12-13)19(26)10-21(3,4)5)20(27)23-14(2)16-7-6-15(11-22)9-18(16)25/h6-7,9,13-14,17,25H,8,10,12H2,1-5H3,(H,23,27)/t13-,14+,17+/m1/s1. The number of phenolic OH excluding ortho intramolecular Hbond substituents is 1. The van der Waals surface area contributed by atoms with Gasteiger partial charge in [0, 0.05) is 18.5 Å². The second-order valence-electron chi connectivity index (χ2n) is 8.76. The lowest BCUT2D eigenvalue weighted by atomic mass is 9.91. The van der Waals surface area contributed by atoms with Gasteiger partial charge in [-0.25, -0.2) is 0 Å². The molecule has 0 saturated carbocycles. The molecule has 6 heteroatoms. The first-order valence-corrected chi connectivity index (χ1v) is 9.34. The Hall–Kier alpha value is -2.55. The third-order valence-electron chi connectivity index (χ3n) is 4.80. The van der Waals surface area contributed by atoms with E-state index in [0.29, 0.717) is 30.5 Å². The van der Waals surface area contributed by atoms with Crippen LogP contribution in [0.1, 0.15) is 64.6 Å². The van der Waals surface area contributed by atoms with Gasteiger partial charge in [0.2, 0.25) is 11.8 Å². The molecule has 1 heterocycles. The fraction of sp³-hybridized carbons (Fsp3) is 0.571. The van der Waals surface area contributed by atoms with Crippen LogP contribution in [0.2, 0.25) is 0 Å². The number of rotatable bonds is 4. The molecular formula is C21H29N3O3. The Bertz CT molecular complexity index is 761. The van der Waals surface area contributed by atoms with Crippen molar-refractivity contribution in [3.8, 4) is 11.8 Å². The van der Waals surface area contributed by atoms with Crippen molar-refractivity contribution in [2.24, 2.45) is 11.3 Å². The highest BCUT2D eigenvalue weighted by Crippen LogP contribution is 2.29. The maximum atomic E-state index is 12.9. The topological polar surface area (TPSA) is 93.4 Å². The van der Waals surface area contributed by atoms with Crippen LogP contribution in [0.25, 0.3) is 0 Å². The predicted octanol–water partition coefficient (Wildman–Crippen LogP) is 3.11. The van der Waals surface area contributed by atoms with Gasteiger partial charge in [-0.1, -0.05) is 33.8 Å². The third kappa shape index (κ3) is 5.22. The number of aromatic hydroxyl groups is 1. The van der Waals surface area contributed by atoms with Crippen molar-refractivity contribution in [2.75, 3.05) is 6.54 Å². The van der Waals surface area contributed by atoms with Gasteiger partial charge in [0.1, 0.15) is 11.8 Å². The molecular weight excluding hydrogens is 342 g/mol. The van der Waals surface area contributed by atoms with E-state index in [0.717, 1.165) is 0 Å². The second kappa shape index (κ2) is 7.99. The molecule has 0 radical (unpaired) electrons. The van der Waals surface area contributed by atoms with Crippen molar-refractivity contribution in [3.05, 3.63) is 29.3 Å². The summed E-state index contributed by atoms with van der Waals surface area (Å²) in [6, 6.07) is 5.68. The van der Waals surface area contributed by atoms with Crippen molar-refractivity contribution >= 4 is 11.8 Å². The number of nitrogens with one attached hydrogen (secondary N) is 1. The van der Waals surface area contributed by atoms with Crippen LogP contribution in [-0.4, -0.2) is 34.4 Å². The minimum absolute atomic E-state index is 0.000809. The number of hydrogen-bond acceptors (Lipinski definition) is 4. The molecule has 2 amide bonds. The molecule has 27 heavy (non-hydrogen) atoms. The van der Waals surface area contributed by atoms with Gasteiger partial charge in [-0.15, -0.1) is 0 Å². The van der Waals surface area contributed by atoms with Gasteiger partial charge in [-0.05, 0) is 36.8 Å². The van der Waals surface area contributed by atoms with Crippen LogP contribution in [0.15, 0.2) is 18.2 Å². The summed E-state index contributed by atoms with van der Waals surface area (Å²) < 4.78 is 0. The highest BCUT2D eigenvalue weighted by atomic mass is 16.3. The van der Waals surface area contributed by atoms with Gasteiger partial charge in [0.15, 0.2) is 0 Å². The lowest BCUT2D eigenvalue weighted by Gasteiger charge is -2.28. The molecule has 0 unspecified atom stereocenters. The minimum atomic E-state index is -0.488. The van der Waals surface area contributed by atoms with Crippen LogP contribution in [0.4, 0.5) is 0 Å². The zero-order chi connectivity index (χ0) is 20.4. The number of nitriles is 1. The summed E-state index contributed by atoms with van der Waals surface area (Å²) in [4.78, 5) is 27.2. The first kappa shape index (κ1) is 20.8. The van der Waals surface area contributed by atoms with Crippen molar-refractivity contribution in [1.82, 2.24) is 10.2 Å². The zero-order valence-corrected chi connectivity index (χ0v) is 16.7. The highest BCUT2D eigenvalue weighted by Gasteiger charge is 2.39. The van der Waals surface area contributed by atoms with Gasteiger partial charge >= 0.3 is 0 Å². The summed E-state index contributed by atoms with van der Waals surface area (Å²) in [5, 5.41) is 21.9. The maximum absolute atomic E-state index is 12.9. The quantitative estimate of drug-likeness (QED) is 0.850. The van der Waals surface area contributed by atoms with Crippen molar-refractivity contribution in [3.63, 3.8) is 0 Å². The van der Waals surface area contributed by atoms with Crippen LogP contribution < -0.4 is 5.32 Å². The van der Waals surface area contributed by atoms with Gasteiger partial charge in [-0.3, -0.25) is 9.59 Å². The molecule has 0 spiro atoms. The first-order valence-electron chi connectivity index (χ1n) is 9.34. The van der Waals surface area contributed by atoms with Gasteiger partial charge in [0.25, 0.3) is 0 Å². The van der Waals surface area contributed by atoms with Crippen LogP contribution in [0.5, 0.6) is 5.75 Å². The molecule has 1 fully saturated rings. The smallest absolute Gasteiger partial charge is 0.243 e. The Morgan fingerprint density at radius 1 is 1.41 bits per heavy atom. The Kier molecular flexibility index (Phi) is 6.15. The largest absolute Gasteiger partial charge is 0.508 e. The van der Waals surface area contributed by atoms with Crippen molar-refractivity contribution in [1.29, 1.82) is 5.26 Å². The van der Waals surface area contributed by atoms with Crippen LogP contribution >= 0.6 is 0 Å². The summed E-state index contributed by atoms with van der Waals surface area (Å²) in [6.45, 7) is 10.4. The number of phenols is 1. The predicted molar refractivity (Wildman–Crippen MR) is 103 cm³/mol. The van der Waals surface area contributed by atoms with Crippen molar-refractivity contribution in [2.45, 2.75) is 59.5 Å². The van der Waals surface area contributed by atoms with Gasteiger partial charge in [0.05, 0.1) is 17.7 Å². The van der Waals surface area contributed by atoms with Crippen LogP contribution in [0, 0.1) is 22.7 Å². The lowest BCUT2D eigenvalue weighted by Crippen LogP contribution is -2.47. The Morgan fingerprint density at radius 3 is 2.63 bits per heavy atom. The number of likely N-dealkylation sites (tertiary alicyclic amines) is 1. The first-order chi connectivity index (χ1) is 12.5. The molecule has 1 aliphatic heterocycles. The number of carbonyl (C=O) groups excluding carboxylic acids is 2. The monoisotopic (exact) mass is 371 g/mol. The lowest BCUT2D eigenvalue weighted by molar-refractivity contribution is -0.140. The minimum Gasteiger partial charge on any atom is -0.508 e. The molecule has 0 bridgehead atoms. The molecule has 6 nitrogen and oxygen atoms in total. The van der Waals surface area contributed by atoms with E-state index < -0.39 is 12.1 Å². The Labute approximate surface area is 161 Å². The molecule has 1 aromatic carbocycles. The van der Waals surface area contributed by atoms with E-state index in [1.807, 2.05) is 33.8 Å². The van der Waals surface area contributed by atoms with E-state index in [1.54, 1.807) is 24.0 Å². The van der Waals surface area contributed by atoms with Gasteiger partial charge in [-0.2, -0.15) is 5.26 Å². The summed E-state index contributed by atoms with van der Waals surface area (Å²) in [5.41, 5.74) is 0.769. The van der Waals surface area contributed by atoms with Crippen LogP contribution in [0.3, 0.4) is 0 Å². The number of benzene rings is 1. The van der Waals surface area contributed by atoms with E-state index in [9.17, 15) is 14.7 Å². The second-order valence-corrected chi connectivity index (χ2v) is 8.76. The Balaban J connectivity index is 2.11. The molecule has 1 aromatic rings. The fourth-order valence-corrected chi connectivity index (χ4v) is 3.49. The molecule has 3 atom stereocenters. The fourth-order valence-electron chi connectivity index (χ4n) is 3.49. The zero-order valence-electron chi connectivity index (χ0n) is 16.7. The summed E-state index contributed by atoms with van der Waals surface area (Å²) >= 11 is 0. The molecule has 146 valence electrons. The number of amides is 2. The van der Waals surface area contributed by atoms with Crippen molar-refractivity contribution < 1.29 is 14.7 Å². The molecule has 1 saturated heterocycles. The molecule has 0 aromatic heterocycles. The van der Waals surface area contributed by atoms with E-state index in [-0.39, 0.29) is 28.9 Å². The maximum Gasteiger partial charge on any atom is 0.243 e. The van der Waals surface area contributed by atoms with E-state index >= 15 is 0 Å². The molecule has 2 rings (SSSR count). The molecule has 2 N–H and O–H groups in total. The highest BCUT2D eigenvalue weighted by molar-refractivity contribution is 5.88. The van der Waals surface area contributed by atoms with Gasteiger partial charge < -0.3 is 15.3 Å². The normalized spacial score (nSPS) is 20.8. The number of nitrogens with zero attached hydrogens (tertiary/aromatic N) is 2. The summed E-state index contributed by atoms with van der Waals surface area (Å²) in [7, 11) is 0.